The smallest absolute Gasteiger partial charge is 0.0434 e. The Morgan fingerprint density at radius 2 is 0.361 bits per heavy atom. The second-order valence-electron chi connectivity index (χ2n) is 37.5. The van der Waals surface area contributed by atoms with Gasteiger partial charge in [-0.2, -0.15) is 0 Å². The van der Waals surface area contributed by atoms with Crippen LogP contribution < -0.4 is 0 Å². The molecule has 1 aliphatic rings. The van der Waals surface area contributed by atoms with Crippen LogP contribution in [0.3, 0.4) is 0 Å². The molecule has 0 saturated carbocycles. The van der Waals surface area contributed by atoms with E-state index < -0.39 is 0 Å². The number of rotatable bonds is 11. The van der Waals surface area contributed by atoms with Gasteiger partial charge in [0.2, 0.25) is 0 Å². The summed E-state index contributed by atoms with van der Waals surface area (Å²) in [4.78, 5) is 0. The molecule has 144 heavy (non-hydrogen) atoms. The van der Waals surface area contributed by atoms with Crippen molar-refractivity contribution < 1.29 is 0 Å². The molecule has 0 radical (unpaired) electrons. The Kier molecular flexibility index (Phi) is 22.4. The average molecular weight is 1840 g/mol. The Hall–Kier alpha value is -18.2. The summed E-state index contributed by atoms with van der Waals surface area (Å²) in [6.45, 7) is 0. The van der Waals surface area contributed by atoms with E-state index in [4.69, 9.17) is 0 Å². The minimum Gasteiger partial charge on any atom is -0.135 e. The third-order valence-corrected chi connectivity index (χ3v) is 30.7. The number of hydrogen-bond donors (Lipinski definition) is 0. The van der Waals surface area contributed by atoms with Crippen molar-refractivity contribution >= 4 is 139 Å². The van der Waals surface area contributed by atoms with E-state index in [1.165, 1.54) is 273 Å². The van der Waals surface area contributed by atoms with E-state index in [1.54, 1.807) is 0 Å². The molecule has 0 amide bonds. The Morgan fingerprint density at radius 1 is 0.118 bits per heavy atom. The third-order valence-electron chi connectivity index (χ3n) is 29.5. The highest BCUT2D eigenvalue weighted by Crippen LogP contribution is 2.55. The minimum atomic E-state index is 0.991. The lowest BCUT2D eigenvalue weighted by Gasteiger charge is -2.20. The largest absolute Gasteiger partial charge is 0.135 e. The SMILES string of the molecule is c1ccc(-c2c3ccccc3c(-c3cccc4c3Cc3ccccc3-4)c3ccccc23)cc1.c1ccc(-c2c3ccccc3c(-c3cccc4c3sc3ccccc34)c3ccccc23)cc1.c1ccc(-c2ccc(-c3c4ccccc4c(-c4ccccc4)c4ccccc34)c3ccccc23)cc1.c1ccc(-c2ccc3c(-c4ccc(-c5ccccc5)c5ccccc45)c4ccccc4c(-c4ccccc4)c3c2)cc1. The van der Waals surface area contributed by atoms with Crippen LogP contribution in [0, 0.1) is 0 Å². The molecule has 0 aliphatic heterocycles. The lowest BCUT2D eigenvalue weighted by atomic mass is 9.83. The Morgan fingerprint density at radius 3 is 0.743 bits per heavy atom. The van der Waals surface area contributed by atoms with Gasteiger partial charge in [0, 0.05) is 25.7 Å². The van der Waals surface area contributed by atoms with Crippen LogP contribution in [-0.4, -0.2) is 0 Å². The Bertz CT molecular complexity index is 9640. The second-order valence-corrected chi connectivity index (χ2v) is 38.6. The zero-order chi connectivity index (χ0) is 95.3. The third kappa shape index (κ3) is 15.2. The van der Waals surface area contributed by atoms with E-state index in [-0.39, 0.29) is 0 Å². The van der Waals surface area contributed by atoms with Gasteiger partial charge < -0.3 is 0 Å². The van der Waals surface area contributed by atoms with E-state index >= 15 is 0 Å². The number of hydrogen-bond acceptors (Lipinski definition) is 1. The highest BCUT2D eigenvalue weighted by atomic mass is 32.1. The Labute approximate surface area is 841 Å². The maximum Gasteiger partial charge on any atom is 0.0434 e. The zero-order valence-corrected chi connectivity index (χ0v) is 80.0. The molecule has 0 fully saturated rings. The summed E-state index contributed by atoms with van der Waals surface area (Å²) >= 11 is 1.90. The van der Waals surface area contributed by atoms with E-state index in [1.807, 2.05) is 11.3 Å². The summed E-state index contributed by atoms with van der Waals surface area (Å²) in [5, 5.41) is 28.5. The predicted molar refractivity (Wildman–Crippen MR) is 622 cm³/mol. The summed E-state index contributed by atoms with van der Waals surface area (Å²) in [6, 6.07) is 203. The standard InChI is InChI=1S/C42H28.C36H24.C33H22.C32H20S/c1-4-14-29(15-5-1)32-24-25-39-40(28-32)41(31-18-8-3-9-19-31)36-22-12-13-23-37(36)42(39)38-27-26-33(30-16-6-2-7-17-30)34-20-10-11-21-35(34)38;1-3-13-25(14-4-1)27-23-24-34(29-18-8-7-17-28(27)29)36-32-21-11-9-19-30(32)35(26-15-5-2-6-16-26)31-20-10-12-22-33(31)36;1-2-11-22(12-3-1)32-26-15-6-8-17-28(26)33(29-18-9-7-16-27(29)32)30-20-10-19-25-24-14-5-4-13-23(24)21-31(25)30;1-2-11-21(12-3-1)30-23-14-4-6-16-25(23)31(26-17-7-5-15-24(26)30)28-19-10-18-27-22-13-8-9-20-29(22)33-32(27)28/h1-28H;1-24H;1-20H,21H2;1-20H. The average Bonchev–Trinajstić information content (AvgIpc) is 0.888. The lowest BCUT2D eigenvalue weighted by molar-refractivity contribution is 1.27. The van der Waals surface area contributed by atoms with Gasteiger partial charge in [-0.15, -0.1) is 11.3 Å². The van der Waals surface area contributed by atoms with Crippen molar-refractivity contribution in [3.63, 3.8) is 0 Å². The first-order valence-electron chi connectivity index (χ1n) is 49.9. The summed E-state index contributed by atoms with van der Waals surface area (Å²) in [5.74, 6) is 0. The normalized spacial score (nSPS) is 11.6. The quantitative estimate of drug-likeness (QED) is 0.113. The van der Waals surface area contributed by atoms with E-state index in [0.29, 0.717) is 0 Å². The van der Waals surface area contributed by atoms with Crippen LogP contribution in [0.1, 0.15) is 11.1 Å². The summed E-state index contributed by atoms with van der Waals surface area (Å²) in [6.07, 6.45) is 0.991. The van der Waals surface area contributed by atoms with Crippen LogP contribution in [0.5, 0.6) is 0 Å². The topological polar surface area (TPSA) is 0 Å². The molecule has 672 valence electrons. The van der Waals surface area contributed by atoms with Crippen LogP contribution in [0.4, 0.5) is 0 Å². The summed E-state index contributed by atoms with van der Waals surface area (Å²) < 4.78 is 2.70. The van der Waals surface area contributed by atoms with E-state index in [2.05, 4.69) is 558 Å². The maximum atomic E-state index is 2.39. The molecule has 0 spiro atoms. The van der Waals surface area contributed by atoms with Crippen molar-refractivity contribution in [1.29, 1.82) is 0 Å². The first-order valence-corrected chi connectivity index (χ1v) is 50.7. The van der Waals surface area contributed by atoms with Crippen LogP contribution in [0.25, 0.3) is 261 Å². The molecule has 1 aliphatic carbocycles. The van der Waals surface area contributed by atoms with Gasteiger partial charge >= 0.3 is 0 Å². The van der Waals surface area contributed by atoms with Crippen LogP contribution in [0.2, 0.25) is 0 Å². The van der Waals surface area contributed by atoms with Crippen molar-refractivity contribution in [1.82, 2.24) is 0 Å². The molecule has 0 saturated heterocycles. The van der Waals surface area contributed by atoms with Crippen LogP contribution in [-0.2, 0) is 6.42 Å². The van der Waals surface area contributed by atoms with Crippen molar-refractivity contribution in [2.45, 2.75) is 6.42 Å². The molecular formula is C143H94S. The van der Waals surface area contributed by atoms with Gasteiger partial charge in [0.15, 0.2) is 0 Å². The fraction of sp³-hybridized carbons (Fsp3) is 0.00699. The lowest BCUT2D eigenvalue weighted by Crippen LogP contribution is -1.93. The van der Waals surface area contributed by atoms with Crippen molar-refractivity contribution in [2.75, 3.05) is 0 Å². The van der Waals surface area contributed by atoms with Gasteiger partial charge in [-0.25, -0.2) is 0 Å². The number of fused-ring (bicyclic) bond motifs is 16. The van der Waals surface area contributed by atoms with E-state index in [0.717, 1.165) is 6.42 Å². The van der Waals surface area contributed by atoms with E-state index in [9.17, 15) is 0 Å². The summed E-state index contributed by atoms with van der Waals surface area (Å²) in [5.41, 5.74) is 33.8. The fourth-order valence-electron chi connectivity index (χ4n) is 23.3. The molecule has 27 aromatic carbocycles. The highest BCUT2D eigenvalue weighted by Gasteiger charge is 2.28. The molecule has 1 heterocycles. The Balaban J connectivity index is 0.0000000984. The number of thiophene rings is 1. The fourth-order valence-corrected chi connectivity index (χ4v) is 24.5. The molecular weight excluding hydrogens is 1750 g/mol. The van der Waals surface area contributed by atoms with Crippen LogP contribution in [0.15, 0.2) is 558 Å². The number of benzene rings is 27. The van der Waals surface area contributed by atoms with Gasteiger partial charge in [-0.05, 0) is 265 Å². The molecule has 28 aromatic rings. The molecule has 0 nitrogen and oxygen atoms in total. The first kappa shape index (κ1) is 86.1. The minimum absolute atomic E-state index is 0.991. The van der Waals surface area contributed by atoms with Crippen molar-refractivity contribution in [2.24, 2.45) is 0 Å². The second kappa shape index (κ2) is 37.5. The zero-order valence-electron chi connectivity index (χ0n) is 79.2. The van der Waals surface area contributed by atoms with Crippen molar-refractivity contribution in [3.8, 4) is 134 Å². The van der Waals surface area contributed by atoms with Gasteiger partial charge in [0.1, 0.15) is 0 Å². The van der Waals surface area contributed by atoms with Gasteiger partial charge in [-0.3, -0.25) is 0 Å². The van der Waals surface area contributed by atoms with Crippen LogP contribution >= 0.6 is 11.3 Å². The van der Waals surface area contributed by atoms with Gasteiger partial charge in [0.05, 0.1) is 0 Å². The molecule has 1 heteroatoms. The maximum absolute atomic E-state index is 2.39. The summed E-state index contributed by atoms with van der Waals surface area (Å²) in [7, 11) is 0. The molecule has 0 N–H and O–H groups in total. The molecule has 0 unspecified atom stereocenters. The first-order chi connectivity index (χ1) is 71.6. The molecule has 1 aromatic heterocycles. The predicted octanol–water partition coefficient (Wildman–Crippen LogP) is 40.6. The van der Waals surface area contributed by atoms with Gasteiger partial charge in [0.25, 0.3) is 0 Å². The monoisotopic (exact) mass is 1840 g/mol. The molecule has 0 bridgehead atoms. The highest BCUT2D eigenvalue weighted by molar-refractivity contribution is 7.26. The van der Waals surface area contributed by atoms with Gasteiger partial charge in [-0.1, -0.05) is 546 Å². The molecule has 0 atom stereocenters. The molecule has 29 rings (SSSR count). The van der Waals surface area contributed by atoms with Crippen molar-refractivity contribution in [3.05, 3.63) is 569 Å².